The Bertz CT molecular complexity index is 1220. The van der Waals surface area contributed by atoms with E-state index in [1.54, 1.807) is 30.2 Å². The molecule has 1 fully saturated rings. The number of hydrogen-bond donors (Lipinski definition) is 1. The molecule has 0 unspecified atom stereocenters. The Labute approximate surface area is 165 Å². The summed E-state index contributed by atoms with van der Waals surface area (Å²) in [7, 11) is 1.78. The summed E-state index contributed by atoms with van der Waals surface area (Å²) in [5, 5.41) is 28.9. The van der Waals surface area contributed by atoms with Gasteiger partial charge in [-0.1, -0.05) is 0 Å². The Kier molecular flexibility index (Phi) is 3.94. The lowest BCUT2D eigenvalue weighted by Gasteiger charge is -2.45. The highest BCUT2D eigenvalue weighted by atomic mass is 15.3. The lowest BCUT2D eigenvalue weighted by Crippen LogP contribution is -2.47. The minimum atomic E-state index is -0.293. The van der Waals surface area contributed by atoms with E-state index in [1.165, 1.54) is 0 Å². The number of hydrogen-bond acceptors (Lipinski definition) is 7. The van der Waals surface area contributed by atoms with E-state index >= 15 is 0 Å². The van der Waals surface area contributed by atoms with Crippen molar-refractivity contribution in [1.29, 1.82) is 5.26 Å². The van der Waals surface area contributed by atoms with E-state index < -0.39 is 0 Å². The molecule has 1 aliphatic rings. The second-order valence-electron chi connectivity index (χ2n) is 7.30. The van der Waals surface area contributed by atoms with E-state index in [0.717, 1.165) is 29.6 Å². The second kappa shape index (κ2) is 6.63. The molecule has 4 heterocycles. The molecule has 0 radical (unpaired) electrons. The van der Waals surface area contributed by atoms with Crippen molar-refractivity contribution >= 4 is 11.7 Å². The third-order valence-corrected chi connectivity index (χ3v) is 5.46. The fourth-order valence-electron chi connectivity index (χ4n) is 4.08. The molecule has 0 amide bonds. The first-order valence-electron chi connectivity index (χ1n) is 9.28. The zero-order valence-electron chi connectivity index (χ0n) is 15.8. The monoisotopic (exact) mass is 386 g/mol. The Morgan fingerprint density at radius 1 is 1.31 bits per heavy atom. The third-order valence-electron chi connectivity index (χ3n) is 5.46. The van der Waals surface area contributed by atoms with E-state index in [1.807, 2.05) is 29.4 Å². The first-order valence-corrected chi connectivity index (χ1v) is 9.28. The smallest absolute Gasteiger partial charge is 0.132 e. The summed E-state index contributed by atoms with van der Waals surface area (Å²) >= 11 is 0. The van der Waals surface area contributed by atoms with E-state index in [9.17, 15) is 5.26 Å². The maximum Gasteiger partial charge on any atom is 0.132 e. The van der Waals surface area contributed by atoms with Crippen molar-refractivity contribution in [2.24, 2.45) is 10.9 Å². The molecule has 144 valence electrons. The van der Waals surface area contributed by atoms with Gasteiger partial charge in [0.25, 0.3) is 0 Å². The zero-order valence-corrected chi connectivity index (χ0v) is 15.8. The van der Waals surface area contributed by atoms with Crippen molar-refractivity contribution in [3.8, 4) is 28.7 Å². The summed E-state index contributed by atoms with van der Waals surface area (Å²) in [6, 6.07) is 4.23. The molecule has 29 heavy (non-hydrogen) atoms. The van der Waals surface area contributed by atoms with Gasteiger partial charge in [0.1, 0.15) is 11.4 Å². The van der Waals surface area contributed by atoms with Crippen LogP contribution in [-0.2, 0) is 5.54 Å². The van der Waals surface area contributed by atoms with Crippen LogP contribution in [0, 0.1) is 17.2 Å². The van der Waals surface area contributed by atoms with Crippen molar-refractivity contribution in [2.75, 3.05) is 7.05 Å². The lowest BCUT2D eigenvalue weighted by molar-refractivity contribution is 0.0968. The summed E-state index contributed by atoms with van der Waals surface area (Å²) in [4.78, 5) is 8.91. The van der Waals surface area contributed by atoms with Crippen LogP contribution in [0.1, 0.15) is 19.3 Å². The van der Waals surface area contributed by atoms with E-state index in [0.29, 0.717) is 23.7 Å². The minimum absolute atomic E-state index is 0.293. The predicted octanol–water partition coefficient (Wildman–Crippen LogP) is 2.10. The molecule has 10 nitrogen and oxygen atoms in total. The second-order valence-corrected chi connectivity index (χ2v) is 7.30. The van der Waals surface area contributed by atoms with E-state index in [-0.39, 0.29) is 5.54 Å². The van der Waals surface area contributed by atoms with Gasteiger partial charge in [0, 0.05) is 25.0 Å². The molecule has 1 saturated carbocycles. The molecule has 1 N–H and O–H groups in total. The molecule has 1 aliphatic carbocycles. The molecule has 0 aromatic carbocycles. The quantitative estimate of drug-likeness (QED) is 0.524. The number of nitrogens with one attached hydrogen (secondary N) is 1. The maximum absolute atomic E-state index is 9.36. The first-order chi connectivity index (χ1) is 14.2. The molecule has 0 saturated heterocycles. The molecule has 4 aromatic heterocycles. The average Bonchev–Trinajstić information content (AvgIpc) is 3.46. The average molecular weight is 386 g/mol. The highest BCUT2D eigenvalue weighted by molar-refractivity contribution is 5.77. The fourth-order valence-corrected chi connectivity index (χ4v) is 4.08. The predicted molar refractivity (Wildman–Crippen MR) is 105 cm³/mol. The topological polar surface area (TPSA) is 126 Å². The van der Waals surface area contributed by atoms with Crippen molar-refractivity contribution in [3.63, 3.8) is 0 Å². The molecule has 5 rings (SSSR count). The number of nitriles is 1. The number of H-pyrrole nitrogens is 1. The summed E-state index contributed by atoms with van der Waals surface area (Å²) in [5.74, 6) is 0.385. The Morgan fingerprint density at radius 3 is 2.97 bits per heavy atom. The summed E-state index contributed by atoms with van der Waals surface area (Å²) < 4.78 is 3.69. The molecule has 0 bridgehead atoms. The number of fused-ring (bicyclic) bond motifs is 1. The van der Waals surface area contributed by atoms with Crippen LogP contribution in [0.15, 0.2) is 42.0 Å². The van der Waals surface area contributed by atoms with E-state index in [2.05, 4.69) is 36.7 Å². The number of nitrogens with zero attached hydrogens (tertiary/aromatic N) is 9. The zero-order chi connectivity index (χ0) is 19.8. The SMILES string of the molecule is C/N=C\[C@H]1C[C@](CC#N)(n2cc(-c3nc(-c4cn[nH]n4)cn4nccc34)cn2)C1. The van der Waals surface area contributed by atoms with Gasteiger partial charge in [-0.15, -0.1) is 0 Å². The lowest BCUT2D eigenvalue weighted by atomic mass is 9.67. The number of aliphatic imine (C=N–C) groups is 1. The van der Waals surface area contributed by atoms with Crippen LogP contribution >= 0.6 is 0 Å². The maximum atomic E-state index is 9.36. The summed E-state index contributed by atoms with van der Waals surface area (Å²) in [5.41, 5.74) is 3.50. The number of rotatable bonds is 5. The minimum Gasteiger partial charge on any atom is -0.301 e. The van der Waals surface area contributed by atoms with Crippen LogP contribution in [0.3, 0.4) is 0 Å². The van der Waals surface area contributed by atoms with Gasteiger partial charge in [-0.2, -0.15) is 30.9 Å². The Hall–Kier alpha value is -3.87. The summed E-state index contributed by atoms with van der Waals surface area (Å²) in [6.45, 7) is 0. The first kappa shape index (κ1) is 17.2. The fraction of sp³-hybridized carbons (Fsp3) is 0.316. The van der Waals surface area contributed by atoms with Crippen molar-refractivity contribution in [1.82, 2.24) is 39.8 Å². The third kappa shape index (κ3) is 2.79. The van der Waals surface area contributed by atoms with Crippen LogP contribution < -0.4 is 0 Å². The van der Waals surface area contributed by atoms with Gasteiger partial charge < -0.3 is 4.99 Å². The molecule has 0 aliphatic heterocycles. The normalized spacial score (nSPS) is 21.4. The van der Waals surface area contributed by atoms with Gasteiger partial charge in [-0.25, -0.2) is 9.50 Å². The highest BCUT2D eigenvalue weighted by Crippen LogP contribution is 2.45. The van der Waals surface area contributed by atoms with Crippen LogP contribution in [0.4, 0.5) is 0 Å². The Morgan fingerprint density at radius 2 is 2.21 bits per heavy atom. The standard InChI is InChI=1S/C19H18N10/c1-21-8-13-6-19(7-13,3-4-20)29-11-14(9-24-29)18-17-2-5-23-28(17)12-16(25-18)15-10-22-27-26-15/h2,5,8-13H,3,6-7H2,1H3,(H,22,26,27)/b21-8-/t13-,19-. The van der Waals surface area contributed by atoms with Gasteiger partial charge in [0.05, 0.1) is 54.0 Å². The van der Waals surface area contributed by atoms with E-state index in [4.69, 9.17) is 4.98 Å². The molecule has 4 aromatic rings. The molecular weight excluding hydrogens is 368 g/mol. The van der Waals surface area contributed by atoms with Crippen molar-refractivity contribution < 1.29 is 0 Å². The van der Waals surface area contributed by atoms with Gasteiger partial charge >= 0.3 is 0 Å². The van der Waals surface area contributed by atoms with Crippen LogP contribution in [-0.4, -0.2) is 53.1 Å². The van der Waals surface area contributed by atoms with Gasteiger partial charge in [-0.05, 0) is 24.8 Å². The highest BCUT2D eigenvalue weighted by Gasteiger charge is 2.45. The van der Waals surface area contributed by atoms with Crippen LogP contribution in [0.25, 0.3) is 28.2 Å². The van der Waals surface area contributed by atoms with Crippen molar-refractivity contribution in [2.45, 2.75) is 24.8 Å². The molecule has 0 atom stereocenters. The van der Waals surface area contributed by atoms with Gasteiger partial charge in [0.2, 0.25) is 0 Å². The molecular formula is C19H18N10. The van der Waals surface area contributed by atoms with Crippen molar-refractivity contribution in [3.05, 3.63) is 37.1 Å². The largest absolute Gasteiger partial charge is 0.301 e. The molecule has 10 heteroatoms. The number of aromatic nitrogens is 8. The number of aromatic amines is 1. The van der Waals surface area contributed by atoms with Crippen LogP contribution in [0.5, 0.6) is 0 Å². The van der Waals surface area contributed by atoms with Gasteiger partial charge in [0.15, 0.2) is 0 Å². The summed E-state index contributed by atoms with van der Waals surface area (Å²) in [6.07, 6.45) is 13.0. The molecule has 0 spiro atoms. The van der Waals surface area contributed by atoms with Crippen LogP contribution in [0.2, 0.25) is 0 Å². The Balaban J connectivity index is 1.56. The van der Waals surface area contributed by atoms with Gasteiger partial charge in [-0.3, -0.25) is 4.68 Å².